The van der Waals surface area contributed by atoms with Gasteiger partial charge < -0.3 is 4.42 Å². The minimum Gasteiger partial charge on any atom is -0.455 e. The van der Waals surface area contributed by atoms with Crippen LogP contribution >= 0.6 is 0 Å². The normalized spacial score (nSPS) is 9.94. The lowest BCUT2D eigenvalue weighted by Crippen LogP contribution is -1.84. The molecule has 2 rings (SSSR count). The Bertz CT molecular complexity index is 667. The molecule has 2 aromatic rings. The van der Waals surface area contributed by atoms with Crippen molar-refractivity contribution < 1.29 is 9.21 Å². The van der Waals surface area contributed by atoms with Gasteiger partial charge in [-0.3, -0.25) is 0 Å². The van der Waals surface area contributed by atoms with Gasteiger partial charge in [-0.25, -0.2) is 4.79 Å². The molecule has 3 nitrogen and oxygen atoms in total. The van der Waals surface area contributed by atoms with E-state index >= 15 is 0 Å². The Morgan fingerprint density at radius 1 is 1.41 bits per heavy atom. The van der Waals surface area contributed by atoms with Crippen LogP contribution in [0.3, 0.4) is 0 Å². The first-order valence-electron chi connectivity index (χ1n) is 5.28. The second-order valence-electron chi connectivity index (χ2n) is 3.97. The first-order valence-corrected chi connectivity index (χ1v) is 5.28. The van der Waals surface area contributed by atoms with Crippen LogP contribution < -0.4 is 0 Å². The van der Waals surface area contributed by atoms with Gasteiger partial charge in [-0.2, -0.15) is 5.26 Å². The summed E-state index contributed by atoms with van der Waals surface area (Å²) in [7, 11) is 0. The molecule has 3 heteroatoms. The molecule has 0 saturated heterocycles. The molecule has 0 radical (unpaired) electrons. The van der Waals surface area contributed by atoms with Gasteiger partial charge in [-0.05, 0) is 26.0 Å². The molecule has 0 fully saturated rings. The molecular formula is C14H11NO2. The van der Waals surface area contributed by atoms with E-state index in [1.54, 1.807) is 5.94 Å². The highest BCUT2D eigenvalue weighted by molar-refractivity contribution is 5.93. The van der Waals surface area contributed by atoms with E-state index in [9.17, 15) is 4.79 Å². The Kier molecular flexibility index (Phi) is 2.82. The fraction of sp³-hybridized carbons (Fsp3) is 0.214. The molecule has 0 aliphatic heterocycles. The maximum Gasteiger partial charge on any atom is 0.146 e. The number of fused-ring (bicyclic) bond motifs is 1. The van der Waals surface area contributed by atoms with E-state index in [1.165, 1.54) is 0 Å². The standard InChI is InChI=1S/C14H11NO2/c1-9-3-4-13-12(7-9)10(2)14(17-13)11(8-16)5-6-15/h3-4,7H,5H2,1-2H3. The van der Waals surface area contributed by atoms with Crippen molar-refractivity contribution in [3.63, 3.8) is 0 Å². The van der Waals surface area contributed by atoms with Gasteiger partial charge >= 0.3 is 0 Å². The second-order valence-corrected chi connectivity index (χ2v) is 3.97. The largest absolute Gasteiger partial charge is 0.455 e. The average molecular weight is 225 g/mol. The summed E-state index contributed by atoms with van der Waals surface area (Å²) >= 11 is 0. The third-order valence-corrected chi connectivity index (χ3v) is 2.74. The molecule has 0 unspecified atom stereocenters. The zero-order chi connectivity index (χ0) is 12.4. The summed E-state index contributed by atoms with van der Waals surface area (Å²) in [5.74, 6) is 2.26. The van der Waals surface area contributed by atoms with E-state index in [0.29, 0.717) is 5.76 Å². The molecule has 0 atom stereocenters. The summed E-state index contributed by atoms with van der Waals surface area (Å²) in [6.07, 6.45) is 0.0170. The van der Waals surface area contributed by atoms with E-state index in [1.807, 2.05) is 38.1 Å². The van der Waals surface area contributed by atoms with Gasteiger partial charge in [0.05, 0.1) is 18.1 Å². The SMILES string of the molecule is Cc1ccc2oc(C(=C=O)CC#N)c(C)c2c1. The summed E-state index contributed by atoms with van der Waals surface area (Å²) in [6, 6.07) is 7.77. The highest BCUT2D eigenvalue weighted by atomic mass is 16.3. The van der Waals surface area contributed by atoms with Gasteiger partial charge in [0.1, 0.15) is 17.3 Å². The Morgan fingerprint density at radius 2 is 2.18 bits per heavy atom. The van der Waals surface area contributed by atoms with Gasteiger partial charge in [0.15, 0.2) is 0 Å². The summed E-state index contributed by atoms with van der Waals surface area (Å²) in [5.41, 5.74) is 3.02. The Labute approximate surface area is 99.0 Å². The highest BCUT2D eigenvalue weighted by Gasteiger charge is 2.15. The van der Waals surface area contributed by atoms with Crippen LogP contribution in [0.2, 0.25) is 0 Å². The van der Waals surface area contributed by atoms with Gasteiger partial charge in [-0.15, -0.1) is 0 Å². The summed E-state index contributed by atoms with van der Waals surface area (Å²) < 4.78 is 5.61. The zero-order valence-corrected chi connectivity index (χ0v) is 9.70. The highest BCUT2D eigenvalue weighted by Crippen LogP contribution is 2.30. The predicted molar refractivity (Wildman–Crippen MR) is 65.0 cm³/mol. The molecule has 1 aromatic carbocycles. The van der Waals surface area contributed by atoms with Gasteiger partial charge in [0.25, 0.3) is 0 Å². The average Bonchev–Trinajstić information content (AvgIpc) is 2.64. The second kappa shape index (κ2) is 4.29. The molecule has 1 aromatic heterocycles. The Hall–Kier alpha value is -2.30. The van der Waals surface area contributed by atoms with E-state index in [0.717, 1.165) is 22.1 Å². The van der Waals surface area contributed by atoms with E-state index in [2.05, 4.69) is 0 Å². The molecule has 17 heavy (non-hydrogen) atoms. The number of hydrogen-bond acceptors (Lipinski definition) is 3. The lowest BCUT2D eigenvalue weighted by atomic mass is 10.1. The van der Waals surface area contributed by atoms with Crippen molar-refractivity contribution in [3.8, 4) is 6.07 Å². The minimum absolute atomic E-state index is 0.0170. The van der Waals surface area contributed by atoms with Gasteiger partial charge in [-0.1, -0.05) is 11.6 Å². The quantitative estimate of drug-likeness (QED) is 0.737. The topological polar surface area (TPSA) is 54.0 Å². The zero-order valence-electron chi connectivity index (χ0n) is 9.70. The first kappa shape index (κ1) is 11.2. The predicted octanol–water partition coefficient (Wildman–Crippen LogP) is 3.18. The third-order valence-electron chi connectivity index (χ3n) is 2.74. The van der Waals surface area contributed by atoms with Crippen LogP contribution in [-0.2, 0) is 4.79 Å². The van der Waals surface area contributed by atoms with Crippen LogP contribution in [0.25, 0.3) is 16.5 Å². The molecule has 0 bridgehead atoms. The van der Waals surface area contributed by atoms with Crippen LogP contribution in [0.4, 0.5) is 0 Å². The van der Waals surface area contributed by atoms with Crippen molar-refractivity contribution in [1.82, 2.24) is 0 Å². The number of benzene rings is 1. The number of allylic oxidation sites excluding steroid dienone is 1. The molecule has 0 amide bonds. The van der Waals surface area contributed by atoms with Gasteiger partial charge in [0.2, 0.25) is 0 Å². The lowest BCUT2D eigenvalue weighted by molar-refractivity contribution is 0.565. The van der Waals surface area contributed by atoms with Crippen molar-refractivity contribution in [2.75, 3.05) is 0 Å². The number of hydrogen-bond donors (Lipinski definition) is 0. The first-order chi connectivity index (χ1) is 8.17. The molecule has 0 aliphatic rings. The third kappa shape index (κ3) is 1.87. The number of furan rings is 1. The van der Waals surface area contributed by atoms with Crippen LogP contribution in [0.5, 0.6) is 0 Å². The van der Waals surface area contributed by atoms with Crippen LogP contribution in [0.1, 0.15) is 23.3 Å². The van der Waals surface area contributed by atoms with Gasteiger partial charge in [0, 0.05) is 10.9 Å². The number of nitriles is 1. The fourth-order valence-corrected chi connectivity index (χ4v) is 1.86. The van der Waals surface area contributed by atoms with Crippen molar-refractivity contribution in [2.24, 2.45) is 0 Å². The van der Waals surface area contributed by atoms with Crippen LogP contribution in [-0.4, -0.2) is 5.94 Å². The van der Waals surface area contributed by atoms with Crippen molar-refractivity contribution in [3.05, 3.63) is 35.1 Å². The summed E-state index contributed by atoms with van der Waals surface area (Å²) in [4.78, 5) is 10.8. The summed E-state index contributed by atoms with van der Waals surface area (Å²) in [6.45, 7) is 3.88. The molecule has 0 N–H and O–H groups in total. The molecule has 0 spiro atoms. The number of rotatable bonds is 2. The Morgan fingerprint density at radius 3 is 2.82 bits per heavy atom. The van der Waals surface area contributed by atoms with Crippen molar-refractivity contribution in [2.45, 2.75) is 20.3 Å². The van der Waals surface area contributed by atoms with Crippen molar-refractivity contribution in [1.29, 1.82) is 5.26 Å². The van der Waals surface area contributed by atoms with E-state index in [4.69, 9.17) is 9.68 Å². The fourth-order valence-electron chi connectivity index (χ4n) is 1.86. The van der Waals surface area contributed by atoms with E-state index in [-0.39, 0.29) is 12.0 Å². The maximum absolute atomic E-state index is 10.8. The van der Waals surface area contributed by atoms with Crippen LogP contribution in [0.15, 0.2) is 22.6 Å². The van der Waals surface area contributed by atoms with Crippen LogP contribution in [0, 0.1) is 25.2 Å². The number of nitrogens with zero attached hydrogens (tertiary/aromatic N) is 1. The van der Waals surface area contributed by atoms with Crippen molar-refractivity contribution >= 4 is 22.5 Å². The molecule has 0 saturated carbocycles. The minimum atomic E-state index is 0.0170. The molecule has 1 heterocycles. The lowest BCUT2D eigenvalue weighted by Gasteiger charge is -1.94. The summed E-state index contributed by atoms with van der Waals surface area (Å²) in [5, 5.41) is 9.63. The Balaban J connectivity index is 2.68. The smallest absolute Gasteiger partial charge is 0.146 e. The molecule has 0 aliphatic carbocycles. The maximum atomic E-state index is 10.8. The molecular weight excluding hydrogens is 214 g/mol. The molecule has 84 valence electrons. The number of carbonyl (C=O) groups excluding carboxylic acids is 1. The monoisotopic (exact) mass is 225 g/mol. The van der Waals surface area contributed by atoms with E-state index < -0.39 is 0 Å². The number of aryl methyl sites for hydroxylation is 2.